The summed E-state index contributed by atoms with van der Waals surface area (Å²) in [5.41, 5.74) is 0.950. The van der Waals surface area contributed by atoms with Crippen LogP contribution in [0.25, 0.3) is 0 Å². The highest BCUT2D eigenvalue weighted by molar-refractivity contribution is 4.99. The Balaban J connectivity index is 2.38. The van der Waals surface area contributed by atoms with Gasteiger partial charge in [0.15, 0.2) is 0 Å². The SMILES string of the molecule is C=CC(C)NCc1cccnn1. The van der Waals surface area contributed by atoms with Crippen molar-refractivity contribution in [1.82, 2.24) is 15.5 Å². The molecule has 1 aromatic rings. The molecule has 0 radical (unpaired) electrons. The molecule has 0 fully saturated rings. The van der Waals surface area contributed by atoms with Gasteiger partial charge >= 0.3 is 0 Å². The van der Waals surface area contributed by atoms with E-state index in [1.54, 1.807) is 6.20 Å². The van der Waals surface area contributed by atoms with Gasteiger partial charge in [0, 0.05) is 18.8 Å². The summed E-state index contributed by atoms with van der Waals surface area (Å²) in [4.78, 5) is 0. The van der Waals surface area contributed by atoms with Crippen LogP contribution in [0.15, 0.2) is 31.0 Å². The van der Waals surface area contributed by atoms with Crippen LogP contribution in [0.2, 0.25) is 0 Å². The van der Waals surface area contributed by atoms with Crippen molar-refractivity contribution < 1.29 is 0 Å². The average molecular weight is 163 g/mol. The average Bonchev–Trinajstić information content (AvgIpc) is 2.16. The highest BCUT2D eigenvalue weighted by Crippen LogP contribution is 1.91. The summed E-state index contributed by atoms with van der Waals surface area (Å²) in [6.07, 6.45) is 3.52. The molecule has 0 aliphatic heterocycles. The number of hydrogen-bond donors (Lipinski definition) is 1. The smallest absolute Gasteiger partial charge is 0.0769 e. The molecular weight excluding hydrogens is 150 g/mol. The Morgan fingerprint density at radius 2 is 2.58 bits per heavy atom. The van der Waals surface area contributed by atoms with Gasteiger partial charge in [-0.2, -0.15) is 10.2 Å². The van der Waals surface area contributed by atoms with Crippen molar-refractivity contribution in [3.05, 3.63) is 36.7 Å². The van der Waals surface area contributed by atoms with E-state index in [9.17, 15) is 0 Å². The third-order valence-corrected chi connectivity index (χ3v) is 1.59. The van der Waals surface area contributed by atoms with Crippen LogP contribution in [-0.4, -0.2) is 16.2 Å². The van der Waals surface area contributed by atoms with E-state index in [1.165, 1.54) is 0 Å². The standard InChI is InChI=1S/C9H13N3/c1-3-8(2)10-7-9-5-4-6-11-12-9/h3-6,8,10H,1,7H2,2H3. The van der Waals surface area contributed by atoms with Crippen molar-refractivity contribution in [2.45, 2.75) is 19.5 Å². The maximum absolute atomic E-state index is 3.94. The van der Waals surface area contributed by atoms with E-state index in [0.29, 0.717) is 6.04 Å². The third-order valence-electron chi connectivity index (χ3n) is 1.59. The zero-order chi connectivity index (χ0) is 8.81. The highest BCUT2D eigenvalue weighted by Gasteiger charge is 1.95. The molecule has 0 amide bonds. The molecule has 0 aromatic carbocycles. The molecule has 1 aromatic heterocycles. The molecule has 0 saturated carbocycles. The summed E-state index contributed by atoms with van der Waals surface area (Å²) in [7, 11) is 0. The lowest BCUT2D eigenvalue weighted by Gasteiger charge is -2.06. The number of rotatable bonds is 4. The molecule has 0 bridgehead atoms. The monoisotopic (exact) mass is 163 g/mol. The summed E-state index contributed by atoms with van der Waals surface area (Å²) < 4.78 is 0. The van der Waals surface area contributed by atoms with Gasteiger partial charge in [0.05, 0.1) is 5.69 Å². The molecule has 0 saturated heterocycles. The molecule has 1 unspecified atom stereocenters. The molecule has 0 spiro atoms. The minimum absolute atomic E-state index is 0.312. The van der Waals surface area contributed by atoms with Crippen LogP contribution in [0.4, 0.5) is 0 Å². The van der Waals surface area contributed by atoms with Crippen LogP contribution in [0.1, 0.15) is 12.6 Å². The molecule has 1 heterocycles. The zero-order valence-corrected chi connectivity index (χ0v) is 7.20. The van der Waals surface area contributed by atoms with Crippen LogP contribution in [-0.2, 0) is 6.54 Å². The van der Waals surface area contributed by atoms with Gasteiger partial charge in [-0.3, -0.25) is 0 Å². The first-order valence-electron chi connectivity index (χ1n) is 3.95. The van der Waals surface area contributed by atoms with Crippen LogP contribution in [0.3, 0.4) is 0 Å². The number of nitrogens with one attached hydrogen (secondary N) is 1. The second-order valence-corrected chi connectivity index (χ2v) is 2.62. The topological polar surface area (TPSA) is 37.8 Å². The Labute approximate surface area is 72.5 Å². The summed E-state index contributed by atoms with van der Waals surface area (Å²) in [6.45, 7) is 6.46. The fourth-order valence-electron chi connectivity index (χ4n) is 0.777. The van der Waals surface area contributed by atoms with Gasteiger partial charge in [0.1, 0.15) is 0 Å². The van der Waals surface area contributed by atoms with Gasteiger partial charge < -0.3 is 5.32 Å². The summed E-state index contributed by atoms with van der Waals surface area (Å²) >= 11 is 0. The van der Waals surface area contributed by atoms with E-state index in [2.05, 4.69) is 22.1 Å². The minimum Gasteiger partial charge on any atom is -0.305 e. The molecule has 0 aliphatic rings. The predicted octanol–water partition coefficient (Wildman–Crippen LogP) is 1.14. The van der Waals surface area contributed by atoms with E-state index < -0.39 is 0 Å². The van der Waals surface area contributed by atoms with E-state index in [-0.39, 0.29) is 0 Å². The molecule has 1 N–H and O–H groups in total. The Morgan fingerprint density at radius 1 is 1.75 bits per heavy atom. The normalized spacial score (nSPS) is 12.4. The Morgan fingerprint density at radius 3 is 3.17 bits per heavy atom. The van der Waals surface area contributed by atoms with Crippen molar-refractivity contribution in [3.8, 4) is 0 Å². The molecule has 64 valence electrons. The van der Waals surface area contributed by atoms with Gasteiger partial charge in [-0.05, 0) is 19.1 Å². The van der Waals surface area contributed by atoms with E-state index in [4.69, 9.17) is 0 Å². The Bertz CT molecular complexity index is 233. The van der Waals surface area contributed by atoms with Gasteiger partial charge in [0.25, 0.3) is 0 Å². The second kappa shape index (κ2) is 4.62. The van der Waals surface area contributed by atoms with Gasteiger partial charge in [0.2, 0.25) is 0 Å². The van der Waals surface area contributed by atoms with Gasteiger partial charge in [-0.1, -0.05) is 6.08 Å². The highest BCUT2D eigenvalue weighted by atomic mass is 15.1. The third kappa shape index (κ3) is 2.80. The first-order chi connectivity index (χ1) is 5.83. The molecule has 12 heavy (non-hydrogen) atoms. The minimum atomic E-state index is 0.312. The maximum Gasteiger partial charge on any atom is 0.0769 e. The fourth-order valence-corrected chi connectivity index (χ4v) is 0.777. The summed E-state index contributed by atoms with van der Waals surface area (Å²) in [6, 6.07) is 4.13. The quantitative estimate of drug-likeness (QED) is 0.676. The van der Waals surface area contributed by atoms with Crippen molar-refractivity contribution in [1.29, 1.82) is 0 Å². The Kier molecular flexibility index (Phi) is 3.41. The predicted molar refractivity (Wildman–Crippen MR) is 48.5 cm³/mol. The molecule has 1 atom stereocenters. The fraction of sp³-hybridized carbons (Fsp3) is 0.333. The first-order valence-corrected chi connectivity index (χ1v) is 3.95. The molecule has 3 heteroatoms. The Hall–Kier alpha value is -1.22. The molecule has 3 nitrogen and oxygen atoms in total. The van der Waals surface area contributed by atoms with E-state index in [1.807, 2.05) is 25.1 Å². The largest absolute Gasteiger partial charge is 0.305 e. The van der Waals surface area contributed by atoms with Crippen LogP contribution < -0.4 is 5.32 Å². The lowest BCUT2D eigenvalue weighted by Crippen LogP contribution is -2.23. The summed E-state index contributed by atoms with van der Waals surface area (Å²) in [5.74, 6) is 0. The number of nitrogens with zero attached hydrogens (tertiary/aromatic N) is 2. The van der Waals surface area contributed by atoms with E-state index >= 15 is 0 Å². The van der Waals surface area contributed by atoms with Crippen LogP contribution >= 0.6 is 0 Å². The van der Waals surface area contributed by atoms with Gasteiger partial charge in [-0.25, -0.2) is 0 Å². The summed E-state index contributed by atoms with van der Waals surface area (Å²) in [5, 5.41) is 10.9. The maximum atomic E-state index is 3.94. The van der Waals surface area contributed by atoms with Crippen LogP contribution in [0.5, 0.6) is 0 Å². The zero-order valence-electron chi connectivity index (χ0n) is 7.20. The second-order valence-electron chi connectivity index (χ2n) is 2.62. The van der Waals surface area contributed by atoms with Crippen molar-refractivity contribution in [2.24, 2.45) is 0 Å². The molecular formula is C9H13N3. The first kappa shape index (κ1) is 8.87. The van der Waals surface area contributed by atoms with Crippen molar-refractivity contribution >= 4 is 0 Å². The van der Waals surface area contributed by atoms with Crippen LogP contribution in [0, 0.1) is 0 Å². The van der Waals surface area contributed by atoms with Crippen molar-refractivity contribution in [3.63, 3.8) is 0 Å². The lowest BCUT2D eigenvalue weighted by molar-refractivity contribution is 0.619. The molecule has 0 aliphatic carbocycles. The number of aromatic nitrogens is 2. The number of hydrogen-bond acceptors (Lipinski definition) is 3. The molecule has 1 rings (SSSR count). The van der Waals surface area contributed by atoms with E-state index in [0.717, 1.165) is 12.2 Å². The van der Waals surface area contributed by atoms with Gasteiger partial charge in [-0.15, -0.1) is 6.58 Å². The van der Waals surface area contributed by atoms with Crippen molar-refractivity contribution in [2.75, 3.05) is 0 Å². The lowest BCUT2D eigenvalue weighted by atomic mass is 10.3.